The number of nitrogens with one attached hydrogen (secondary N) is 1. The van der Waals surface area contributed by atoms with E-state index in [9.17, 15) is 0 Å². The van der Waals surface area contributed by atoms with E-state index >= 15 is 0 Å². The maximum Gasteiger partial charge on any atom is 0.315 e. The molecule has 0 saturated heterocycles. The van der Waals surface area contributed by atoms with Crippen LogP contribution in [0.15, 0.2) is 39.9 Å². The number of hydrogen-bond donors (Lipinski definition) is 2. The van der Waals surface area contributed by atoms with Crippen molar-refractivity contribution in [2.75, 3.05) is 17.6 Å². The molecule has 0 aliphatic heterocycles. The Morgan fingerprint density at radius 1 is 1.24 bits per heavy atom. The Hall–Kier alpha value is -2.17. The van der Waals surface area contributed by atoms with Crippen LogP contribution in [0, 0.1) is 0 Å². The Morgan fingerprint density at radius 2 is 2.04 bits per heavy atom. The highest BCUT2D eigenvalue weighted by atomic mass is 35.5. The van der Waals surface area contributed by atoms with E-state index in [1.165, 1.54) is 11.8 Å². The molecule has 3 N–H and O–H groups in total. The quantitative estimate of drug-likeness (QED) is 0.440. The number of aromatic nitrogens is 6. The summed E-state index contributed by atoms with van der Waals surface area (Å²) in [7, 11) is 1.80. The van der Waals surface area contributed by atoms with Gasteiger partial charge in [0.05, 0.1) is 6.04 Å². The highest BCUT2D eigenvalue weighted by Crippen LogP contribution is 2.17. The second-order valence-electron chi connectivity index (χ2n) is 5.10. The lowest BCUT2D eigenvalue weighted by molar-refractivity contribution is 0.457. The lowest BCUT2D eigenvalue weighted by Crippen LogP contribution is -2.13. The predicted octanol–water partition coefficient (Wildman–Crippen LogP) is 1.46. The van der Waals surface area contributed by atoms with Crippen molar-refractivity contribution < 1.29 is 4.42 Å². The van der Waals surface area contributed by atoms with Gasteiger partial charge in [0, 0.05) is 19.3 Å². The van der Waals surface area contributed by atoms with E-state index in [2.05, 4.69) is 31.0 Å². The lowest BCUT2D eigenvalue weighted by atomic mass is 10.1. The fourth-order valence-electron chi connectivity index (χ4n) is 2.05. The maximum atomic E-state index is 6.12. The van der Waals surface area contributed by atoms with E-state index in [0.717, 1.165) is 16.5 Å². The average Bonchev–Trinajstić information content (AvgIpc) is 3.22. The minimum Gasteiger partial charge on any atom is -0.406 e. The SMILES string of the molecule is Cl.Cn1nnnc1SCCNc1nnc([C@H](N)Cc2ccccc2)o1. The molecule has 0 spiro atoms. The van der Waals surface area contributed by atoms with Crippen LogP contribution < -0.4 is 11.1 Å². The Morgan fingerprint density at radius 3 is 2.76 bits per heavy atom. The standard InChI is InChI=1S/C14H18N8OS.ClH/c1-22-14(19-20-21-22)24-8-7-16-13-18-17-12(23-13)11(15)9-10-5-3-2-4-6-10;/h2-6,11H,7-9,15H2,1H3,(H,16,18);1H/t11-;/m1./s1. The highest BCUT2D eigenvalue weighted by molar-refractivity contribution is 7.99. The number of tetrazole rings is 1. The Kier molecular flexibility index (Phi) is 7.16. The molecule has 25 heavy (non-hydrogen) atoms. The second kappa shape index (κ2) is 9.35. The molecular weight excluding hydrogens is 364 g/mol. The summed E-state index contributed by atoms with van der Waals surface area (Å²) in [5.41, 5.74) is 7.25. The van der Waals surface area contributed by atoms with Gasteiger partial charge in [-0.15, -0.1) is 22.6 Å². The average molecular weight is 383 g/mol. The van der Waals surface area contributed by atoms with Crippen LogP contribution in [0.3, 0.4) is 0 Å². The van der Waals surface area contributed by atoms with Gasteiger partial charge in [-0.2, -0.15) is 0 Å². The Balaban J connectivity index is 0.00000225. The van der Waals surface area contributed by atoms with Crippen molar-refractivity contribution in [1.29, 1.82) is 0 Å². The minimum atomic E-state index is -0.324. The first-order chi connectivity index (χ1) is 11.7. The molecular formula is C14H19ClN8OS. The van der Waals surface area contributed by atoms with Crippen molar-refractivity contribution in [3.05, 3.63) is 41.8 Å². The first kappa shape index (κ1) is 19.2. The molecule has 0 radical (unpaired) electrons. The zero-order chi connectivity index (χ0) is 16.8. The molecule has 11 heteroatoms. The number of nitrogens with two attached hydrogens (primary N) is 1. The molecule has 3 rings (SSSR count). The van der Waals surface area contributed by atoms with E-state index in [-0.39, 0.29) is 18.4 Å². The molecule has 1 aromatic carbocycles. The zero-order valence-corrected chi connectivity index (χ0v) is 15.2. The van der Waals surface area contributed by atoms with E-state index in [1.807, 2.05) is 30.3 Å². The van der Waals surface area contributed by atoms with Crippen molar-refractivity contribution in [3.8, 4) is 0 Å². The van der Waals surface area contributed by atoms with Crippen LogP contribution in [0.1, 0.15) is 17.5 Å². The summed E-state index contributed by atoms with van der Waals surface area (Å²) < 4.78 is 7.19. The summed E-state index contributed by atoms with van der Waals surface area (Å²) in [6.45, 7) is 0.646. The van der Waals surface area contributed by atoms with Crippen LogP contribution in [0.25, 0.3) is 0 Å². The van der Waals surface area contributed by atoms with Crippen LogP contribution >= 0.6 is 24.2 Å². The highest BCUT2D eigenvalue weighted by Gasteiger charge is 2.15. The number of rotatable bonds is 8. The van der Waals surface area contributed by atoms with Gasteiger partial charge in [0.2, 0.25) is 11.0 Å². The van der Waals surface area contributed by atoms with Gasteiger partial charge in [0.1, 0.15) is 0 Å². The number of thioether (sulfide) groups is 1. The van der Waals surface area contributed by atoms with Crippen molar-refractivity contribution in [3.63, 3.8) is 0 Å². The molecule has 0 unspecified atom stereocenters. The summed E-state index contributed by atoms with van der Waals surface area (Å²) in [5, 5.41) is 23.1. The molecule has 0 aliphatic carbocycles. The fraction of sp³-hybridized carbons (Fsp3) is 0.357. The molecule has 2 heterocycles. The molecule has 0 bridgehead atoms. The summed E-state index contributed by atoms with van der Waals surface area (Å²) in [6.07, 6.45) is 0.650. The van der Waals surface area contributed by atoms with Crippen molar-refractivity contribution in [2.24, 2.45) is 12.8 Å². The largest absolute Gasteiger partial charge is 0.406 e. The number of nitrogens with zero attached hydrogens (tertiary/aromatic N) is 6. The number of aryl methyl sites for hydroxylation is 1. The zero-order valence-electron chi connectivity index (χ0n) is 13.6. The number of anilines is 1. The molecule has 0 fully saturated rings. The van der Waals surface area contributed by atoms with Gasteiger partial charge in [-0.1, -0.05) is 47.2 Å². The Labute approximate surface area is 155 Å². The summed E-state index contributed by atoms with van der Waals surface area (Å²) >= 11 is 1.54. The fourth-order valence-corrected chi connectivity index (χ4v) is 2.76. The van der Waals surface area contributed by atoms with E-state index in [4.69, 9.17) is 10.2 Å². The molecule has 9 nitrogen and oxygen atoms in total. The van der Waals surface area contributed by atoms with Crippen molar-refractivity contribution in [2.45, 2.75) is 17.6 Å². The molecule has 1 atom stereocenters. The third kappa shape index (κ3) is 5.41. The van der Waals surface area contributed by atoms with Gasteiger partial charge in [-0.25, -0.2) is 4.68 Å². The minimum absolute atomic E-state index is 0. The molecule has 0 aliphatic rings. The van der Waals surface area contributed by atoms with Crippen LogP contribution in [-0.4, -0.2) is 42.7 Å². The molecule has 0 amide bonds. The summed E-state index contributed by atoms with van der Waals surface area (Å²) in [6, 6.07) is 10.0. The predicted molar refractivity (Wildman–Crippen MR) is 96.6 cm³/mol. The van der Waals surface area contributed by atoms with Gasteiger partial charge in [-0.3, -0.25) is 0 Å². The van der Waals surface area contributed by atoms with Crippen LogP contribution in [-0.2, 0) is 13.5 Å². The first-order valence-corrected chi connectivity index (χ1v) is 8.43. The summed E-state index contributed by atoms with van der Waals surface area (Å²) in [4.78, 5) is 0. The Bertz CT molecular complexity index is 765. The third-order valence-electron chi connectivity index (χ3n) is 3.25. The normalized spacial score (nSPS) is 11.8. The van der Waals surface area contributed by atoms with E-state index in [0.29, 0.717) is 24.9 Å². The first-order valence-electron chi connectivity index (χ1n) is 7.44. The molecule has 3 aromatic rings. The molecule has 134 valence electrons. The number of hydrogen-bond acceptors (Lipinski definition) is 9. The van der Waals surface area contributed by atoms with E-state index < -0.39 is 0 Å². The topological polar surface area (TPSA) is 121 Å². The van der Waals surface area contributed by atoms with Gasteiger partial charge in [-0.05, 0) is 22.4 Å². The summed E-state index contributed by atoms with van der Waals surface area (Å²) in [5.74, 6) is 1.19. The van der Waals surface area contributed by atoms with Crippen LogP contribution in [0.4, 0.5) is 6.01 Å². The molecule has 2 aromatic heterocycles. The maximum absolute atomic E-state index is 6.12. The number of benzene rings is 1. The van der Waals surface area contributed by atoms with Gasteiger partial charge < -0.3 is 15.5 Å². The molecule has 0 saturated carbocycles. The second-order valence-corrected chi connectivity index (χ2v) is 6.16. The van der Waals surface area contributed by atoms with Crippen molar-refractivity contribution >= 4 is 30.2 Å². The van der Waals surface area contributed by atoms with Crippen LogP contribution in [0.2, 0.25) is 0 Å². The van der Waals surface area contributed by atoms with Gasteiger partial charge >= 0.3 is 6.01 Å². The monoisotopic (exact) mass is 382 g/mol. The number of halogens is 1. The third-order valence-corrected chi connectivity index (χ3v) is 4.26. The van der Waals surface area contributed by atoms with Gasteiger partial charge in [0.15, 0.2) is 0 Å². The lowest BCUT2D eigenvalue weighted by Gasteiger charge is -2.06. The van der Waals surface area contributed by atoms with Gasteiger partial charge in [0.25, 0.3) is 0 Å². The van der Waals surface area contributed by atoms with E-state index in [1.54, 1.807) is 11.7 Å². The van der Waals surface area contributed by atoms with Crippen molar-refractivity contribution in [1.82, 2.24) is 30.4 Å². The van der Waals surface area contributed by atoms with Crippen LogP contribution in [0.5, 0.6) is 0 Å². The smallest absolute Gasteiger partial charge is 0.315 e.